The van der Waals surface area contributed by atoms with Gasteiger partial charge in [0.05, 0.1) is 4.91 Å². The number of benzene rings is 1. The summed E-state index contributed by atoms with van der Waals surface area (Å²) >= 11 is 6.97. The molecule has 4 rings (SSSR count). The highest BCUT2D eigenvalue weighted by Crippen LogP contribution is 2.36. The molecule has 2 aliphatic heterocycles. The summed E-state index contributed by atoms with van der Waals surface area (Å²) in [6.07, 6.45) is 10.5. The molecule has 0 bridgehead atoms. The fourth-order valence-electron chi connectivity index (χ4n) is 5.84. The Hall–Kier alpha value is -2.93. The summed E-state index contributed by atoms with van der Waals surface area (Å²) in [4.78, 5) is 34.2. The first kappa shape index (κ1) is 33.0. The lowest BCUT2D eigenvalue weighted by Crippen LogP contribution is -2.48. The molecule has 0 unspecified atom stereocenters. The molecule has 230 valence electrons. The Morgan fingerprint density at radius 3 is 2.28 bits per heavy atom. The van der Waals surface area contributed by atoms with Crippen LogP contribution in [0.4, 0.5) is 5.82 Å². The summed E-state index contributed by atoms with van der Waals surface area (Å²) in [5.41, 5.74) is 2.60. The molecule has 0 N–H and O–H groups in total. The third-order valence-electron chi connectivity index (χ3n) is 8.39. The van der Waals surface area contributed by atoms with E-state index in [0.717, 1.165) is 69.8 Å². The molecule has 2 saturated heterocycles. The van der Waals surface area contributed by atoms with E-state index in [4.69, 9.17) is 12.2 Å². The highest BCUT2D eigenvalue weighted by molar-refractivity contribution is 8.26. The van der Waals surface area contributed by atoms with Crippen molar-refractivity contribution in [3.8, 4) is 6.07 Å². The molecule has 9 heteroatoms. The fraction of sp³-hybridized carbons (Fsp3) is 0.529. The molecule has 0 saturated carbocycles. The molecule has 2 fully saturated rings. The van der Waals surface area contributed by atoms with Gasteiger partial charge in [-0.15, -0.1) is 0 Å². The number of piperazine rings is 1. The van der Waals surface area contributed by atoms with Gasteiger partial charge in [-0.3, -0.25) is 24.0 Å². The van der Waals surface area contributed by atoms with Crippen molar-refractivity contribution in [3.05, 3.63) is 67.8 Å². The minimum absolute atomic E-state index is 0.0774. The molecule has 1 aromatic heterocycles. The Labute approximate surface area is 266 Å². The van der Waals surface area contributed by atoms with Crippen LogP contribution in [-0.2, 0) is 17.9 Å². The molecule has 0 atom stereocenters. The number of rotatable bonds is 14. The number of hydrogen-bond donors (Lipinski definition) is 0. The van der Waals surface area contributed by atoms with Crippen molar-refractivity contribution in [1.82, 2.24) is 14.4 Å². The third kappa shape index (κ3) is 8.17. The minimum Gasteiger partial charge on any atom is -0.355 e. The van der Waals surface area contributed by atoms with E-state index < -0.39 is 0 Å². The summed E-state index contributed by atoms with van der Waals surface area (Å²) in [5, 5.41) is 10.0. The van der Waals surface area contributed by atoms with Crippen LogP contribution in [0.1, 0.15) is 87.5 Å². The normalized spacial score (nSPS) is 16.8. The zero-order valence-corrected chi connectivity index (χ0v) is 27.6. The Morgan fingerprint density at radius 1 is 0.930 bits per heavy atom. The van der Waals surface area contributed by atoms with Gasteiger partial charge in [-0.2, -0.15) is 5.26 Å². The maximum Gasteiger partial charge on any atom is 0.270 e. The van der Waals surface area contributed by atoms with Crippen molar-refractivity contribution >= 4 is 46.1 Å². The average Bonchev–Trinajstić information content (AvgIpc) is 3.28. The van der Waals surface area contributed by atoms with Gasteiger partial charge < -0.3 is 4.90 Å². The summed E-state index contributed by atoms with van der Waals surface area (Å²) in [6.45, 7) is 11.4. The zero-order chi connectivity index (χ0) is 30.8. The number of thioether (sulfide) groups is 1. The zero-order valence-electron chi connectivity index (χ0n) is 25.9. The summed E-state index contributed by atoms with van der Waals surface area (Å²) in [6, 6.07) is 12.6. The molecule has 3 heterocycles. The number of nitriles is 1. The van der Waals surface area contributed by atoms with Gasteiger partial charge in [0.2, 0.25) is 0 Å². The average molecular weight is 620 g/mol. The van der Waals surface area contributed by atoms with Crippen molar-refractivity contribution in [1.29, 1.82) is 5.26 Å². The molecule has 2 aliphatic rings. The summed E-state index contributed by atoms with van der Waals surface area (Å²) in [5.74, 6) is 0.738. The quantitative estimate of drug-likeness (QED) is 0.132. The number of hydrogen-bond acceptors (Lipinski definition) is 7. The number of carbonyl (C=O) groups excluding carboxylic acids is 1. The third-order valence-corrected chi connectivity index (χ3v) is 9.76. The Bertz CT molecular complexity index is 1400. The van der Waals surface area contributed by atoms with E-state index in [1.807, 2.05) is 19.1 Å². The largest absolute Gasteiger partial charge is 0.355 e. The predicted octanol–water partition coefficient (Wildman–Crippen LogP) is 6.71. The SMILES string of the molecule is CCCCCCCCN1C(=O)/C(=C\c2c(C)c(C#N)c(=O)n(CCCC)c2N2CCN(Cc3ccccc3)CC2)SC1=S. The first-order valence-corrected chi connectivity index (χ1v) is 17.1. The van der Waals surface area contributed by atoms with Gasteiger partial charge in [-0.25, -0.2) is 0 Å². The van der Waals surface area contributed by atoms with E-state index >= 15 is 0 Å². The summed E-state index contributed by atoms with van der Waals surface area (Å²) < 4.78 is 2.36. The van der Waals surface area contributed by atoms with E-state index in [1.165, 1.54) is 43.0 Å². The van der Waals surface area contributed by atoms with Gasteiger partial charge >= 0.3 is 0 Å². The second kappa shape index (κ2) is 16.2. The smallest absolute Gasteiger partial charge is 0.270 e. The van der Waals surface area contributed by atoms with Gasteiger partial charge in [0, 0.05) is 51.4 Å². The van der Waals surface area contributed by atoms with Crippen LogP contribution in [0.3, 0.4) is 0 Å². The molecule has 7 nitrogen and oxygen atoms in total. The first-order valence-electron chi connectivity index (χ1n) is 15.8. The molecule has 0 radical (unpaired) electrons. The van der Waals surface area contributed by atoms with Crippen LogP contribution in [0.15, 0.2) is 40.0 Å². The van der Waals surface area contributed by atoms with Crippen LogP contribution in [0.25, 0.3) is 6.08 Å². The molecule has 0 aliphatic carbocycles. The Morgan fingerprint density at radius 2 is 1.60 bits per heavy atom. The van der Waals surface area contributed by atoms with E-state index in [0.29, 0.717) is 27.9 Å². The fourth-order valence-corrected chi connectivity index (χ4v) is 7.13. The van der Waals surface area contributed by atoms with Gasteiger partial charge in [0.1, 0.15) is 21.8 Å². The van der Waals surface area contributed by atoms with Crippen LogP contribution in [0.2, 0.25) is 0 Å². The molecular weight excluding hydrogens is 575 g/mol. The molecular formula is C34H45N5O2S2. The number of amides is 1. The van der Waals surface area contributed by atoms with E-state index in [2.05, 4.69) is 54.0 Å². The molecule has 1 aromatic carbocycles. The maximum atomic E-state index is 13.6. The number of nitrogens with zero attached hydrogens (tertiary/aromatic N) is 5. The van der Waals surface area contributed by atoms with Crippen LogP contribution >= 0.6 is 24.0 Å². The van der Waals surface area contributed by atoms with Crippen LogP contribution < -0.4 is 10.5 Å². The first-order chi connectivity index (χ1) is 20.9. The lowest BCUT2D eigenvalue weighted by atomic mass is 10.0. The van der Waals surface area contributed by atoms with E-state index in [1.54, 1.807) is 9.47 Å². The number of unbranched alkanes of at least 4 members (excludes halogenated alkanes) is 6. The monoisotopic (exact) mass is 619 g/mol. The van der Waals surface area contributed by atoms with Gasteiger partial charge in [-0.05, 0) is 37.0 Å². The van der Waals surface area contributed by atoms with Gasteiger partial charge in [-0.1, -0.05) is 107 Å². The lowest BCUT2D eigenvalue weighted by molar-refractivity contribution is -0.122. The number of carbonyl (C=O) groups is 1. The van der Waals surface area contributed by atoms with Crippen LogP contribution in [-0.4, -0.2) is 57.3 Å². The van der Waals surface area contributed by atoms with Gasteiger partial charge in [0.15, 0.2) is 0 Å². The second-order valence-corrected chi connectivity index (χ2v) is 13.2. The highest BCUT2D eigenvalue weighted by atomic mass is 32.2. The van der Waals surface area contributed by atoms with E-state index in [-0.39, 0.29) is 17.0 Å². The molecule has 43 heavy (non-hydrogen) atoms. The number of pyridine rings is 1. The molecule has 1 amide bonds. The van der Waals surface area contributed by atoms with Crippen molar-refractivity contribution in [2.24, 2.45) is 0 Å². The van der Waals surface area contributed by atoms with Crippen molar-refractivity contribution in [2.45, 2.75) is 85.2 Å². The van der Waals surface area contributed by atoms with Crippen molar-refractivity contribution in [3.63, 3.8) is 0 Å². The topological polar surface area (TPSA) is 72.6 Å². The highest BCUT2D eigenvalue weighted by Gasteiger charge is 2.33. The Kier molecular flexibility index (Phi) is 12.4. The minimum atomic E-state index is -0.247. The van der Waals surface area contributed by atoms with E-state index in [9.17, 15) is 14.9 Å². The van der Waals surface area contributed by atoms with Crippen LogP contribution in [0, 0.1) is 18.3 Å². The standard InChI is InChI=1S/C34H45N5O2S2/c1-4-6-8-9-10-14-18-39-33(41)30(43-34(39)42)23-28-26(3)29(24-35)32(40)38(17-7-5-2)31(28)37-21-19-36(20-22-37)25-27-15-12-11-13-16-27/h11-13,15-16,23H,4-10,14,17-22,25H2,1-3H3/b30-23+. The molecule has 0 spiro atoms. The number of aromatic nitrogens is 1. The Balaban J connectivity index is 1.63. The summed E-state index contributed by atoms with van der Waals surface area (Å²) in [7, 11) is 0. The maximum absolute atomic E-state index is 13.6. The van der Waals surface area contributed by atoms with Crippen LogP contribution in [0.5, 0.6) is 0 Å². The number of anilines is 1. The molecule has 2 aromatic rings. The predicted molar refractivity (Wildman–Crippen MR) is 182 cm³/mol. The van der Waals surface area contributed by atoms with Gasteiger partial charge in [0.25, 0.3) is 11.5 Å². The second-order valence-electron chi connectivity index (χ2n) is 11.5. The lowest BCUT2D eigenvalue weighted by Gasteiger charge is -2.38. The van der Waals surface area contributed by atoms with Crippen molar-refractivity contribution in [2.75, 3.05) is 37.6 Å². The number of thiocarbonyl (C=S) groups is 1. The van der Waals surface area contributed by atoms with Crippen molar-refractivity contribution < 1.29 is 4.79 Å².